The van der Waals surface area contributed by atoms with E-state index in [4.69, 9.17) is 5.73 Å². The van der Waals surface area contributed by atoms with Gasteiger partial charge in [-0.2, -0.15) is 0 Å². The molecule has 94 valence electrons. The summed E-state index contributed by atoms with van der Waals surface area (Å²) in [5.74, 6) is 0.545. The van der Waals surface area contributed by atoms with Crippen LogP contribution in [0.2, 0.25) is 0 Å². The molecule has 6 nitrogen and oxygen atoms in total. The van der Waals surface area contributed by atoms with Gasteiger partial charge in [0.15, 0.2) is 0 Å². The number of hydrogen-bond acceptors (Lipinski definition) is 6. The second-order valence-corrected chi connectivity index (χ2v) is 4.77. The topological polar surface area (TPSA) is 94.1 Å². The molecule has 2 aromatic heterocycles. The maximum atomic E-state index is 10.7. The van der Waals surface area contributed by atoms with E-state index in [1.165, 1.54) is 22.6 Å². The summed E-state index contributed by atoms with van der Waals surface area (Å²) in [4.78, 5) is 15.4. The van der Waals surface area contributed by atoms with Crippen molar-refractivity contribution in [3.63, 3.8) is 0 Å². The average Bonchev–Trinajstić information content (AvgIpc) is 2.71. The van der Waals surface area contributed by atoms with Crippen LogP contribution in [0.3, 0.4) is 0 Å². The first-order valence-corrected chi connectivity index (χ1v) is 6.13. The second-order valence-electron chi connectivity index (χ2n) is 3.77. The number of aryl methyl sites for hydroxylation is 1. The fourth-order valence-electron chi connectivity index (χ4n) is 1.49. The number of hydrogen-bond donors (Lipinski definition) is 2. The highest BCUT2D eigenvalue weighted by molar-refractivity contribution is 7.10. The molecule has 0 bridgehead atoms. The van der Waals surface area contributed by atoms with Gasteiger partial charge >= 0.3 is 0 Å². The second kappa shape index (κ2) is 5.01. The number of anilines is 2. The Balaban J connectivity index is 2.14. The minimum atomic E-state index is -0.486. The quantitative estimate of drug-likeness (QED) is 0.653. The smallest absolute Gasteiger partial charge is 0.276 e. The van der Waals surface area contributed by atoms with Crippen LogP contribution in [0.15, 0.2) is 23.6 Å². The highest BCUT2D eigenvalue weighted by atomic mass is 32.1. The molecular formula is C11H12N4O2S. The number of nitrogens with two attached hydrogens (primary N) is 1. The lowest BCUT2D eigenvalue weighted by molar-refractivity contribution is -0.384. The highest BCUT2D eigenvalue weighted by Crippen LogP contribution is 2.21. The third-order valence-electron chi connectivity index (χ3n) is 2.44. The third kappa shape index (κ3) is 2.75. The number of nitrogens with one attached hydrogen (secondary N) is 1. The van der Waals surface area contributed by atoms with Crippen LogP contribution in [-0.4, -0.2) is 9.91 Å². The summed E-state index contributed by atoms with van der Waals surface area (Å²) in [7, 11) is 0. The van der Waals surface area contributed by atoms with Crippen LogP contribution in [-0.2, 0) is 6.54 Å². The van der Waals surface area contributed by atoms with E-state index < -0.39 is 4.92 Å². The van der Waals surface area contributed by atoms with E-state index in [2.05, 4.69) is 10.3 Å². The molecule has 2 aromatic rings. The fourth-order valence-corrected chi connectivity index (χ4v) is 2.33. The molecule has 0 aromatic carbocycles. The maximum absolute atomic E-state index is 10.7. The van der Waals surface area contributed by atoms with Crippen molar-refractivity contribution in [1.29, 1.82) is 0 Å². The van der Waals surface area contributed by atoms with Crippen LogP contribution in [0.5, 0.6) is 0 Å². The van der Waals surface area contributed by atoms with Crippen molar-refractivity contribution in [1.82, 2.24) is 4.98 Å². The van der Waals surface area contributed by atoms with Crippen molar-refractivity contribution >= 4 is 28.7 Å². The zero-order chi connectivity index (χ0) is 13.1. The lowest BCUT2D eigenvalue weighted by Crippen LogP contribution is -2.03. The summed E-state index contributed by atoms with van der Waals surface area (Å²) in [6, 6.07) is 4.64. The Hall–Kier alpha value is -2.15. The Morgan fingerprint density at radius 2 is 2.33 bits per heavy atom. The van der Waals surface area contributed by atoms with Crippen molar-refractivity contribution in [3.05, 3.63) is 44.1 Å². The number of pyridine rings is 1. The zero-order valence-corrected chi connectivity index (χ0v) is 10.5. The minimum absolute atomic E-state index is 0.0621. The van der Waals surface area contributed by atoms with Crippen molar-refractivity contribution in [2.24, 2.45) is 0 Å². The monoisotopic (exact) mass is 264 g/mol. The summed E-state index contributed by atoms with van der Waals surface area (Å²) in [5.41, 5.74) is 6.65. The predicted octanol–water partition coefficient (Wildman–Crippen LogP) is 2.55. The van der Waals surface area contributed by atoms with E-state index in [0.29, 0.717) is 12.4 Å². The van der Waals surface area contributed by atoms with Gasteiger partial charge in [-0.25, -0.2) is 4.98 Å². The van der Waals surface area contributed by atoms with Gasteiger partial charge in [-0.1, -0.05) is 0 Å². The predicted molar refractivity (Wildman–Crippen MR) is 71.7 cm³/mol. The van der Waals surface area contributed by atoms with Crippen molar-refractivity contribution in [3.8, 4) is 0 Å². The van der Waals surface area contributed by atoms with Gasteiger partial charge in [0.05, 0.1) is 23.6 Å². The Bertz CT molecular complexity index is 582. The molecule has 18 heavy (non-hydrogen) atoms. The fraction of sp³-hybridized carbons (Fsp3) is 0.182. The van der Waals surface area contributed by atoms with E-state index in [1.807, 2.05) is 18.4 Å². The van der Waals surface area contributed by atoms with Crippen molar-refractivity contribution in [2.75, 3.05) is 11.1 Å². The number of nitrogens with zero attached hydrogens (tertiary/aromatic N) is 2. The molecule has 0 saturated heterocycles. The standard InChI is InChI=1S/C11H12N4O2S/c1-7-2-3-18-9(7)6-13-11-5-8(15(16)17)4-10(12)14-11/h2-5H,6H2,1H3,(H3,12,13,14). The number of aromatic nitrogens is 1. The molecule has 0 spiro atoms. The molecule has 0 atom stereocenters. The zero-order valence-electron chi connectivity index (χ0n) is 9.71. The van der Waals surface area contributed by atoms with Crippen LogP contribution in [0.4, 0.5) is 17.3 Å². The molecule has 0 amide bonds. The van der Waals surface area contributed by atoms with E-state index in [-0.39, 0.29) is 11.5 Å². The number of nitro groups is 1. The molecule has 2 rings (SSSR count). The molecule has 0 aliphatic rings. The van der Waals surface area contributed by atoms with Crippen molar-refractivity contribution < 1.29 is 4.92 Å². The Kier molecular flexibility index (Phi) is 3.42. The molecule has 0 aliphatic carbocycles. The molecule has 2 heterocycles. The van der Waals surface area contributed by atoms with Crippen LogP contribution in [0.1, 0.15) is 10.4 Å². The van der Waals surface area contributed by atoms with E-state index >= 15 is 0 Å². The first-order valence-electron chi connectivity index (χ1n) is 5.25. The van der Waals surface area contributed by atoms with Crippen LogP contribution in [0, 0.1) is 17.0 Å². The van der Waals surface area contributed by atoms with Crippen molar-refractivity contribution in [2.45, 2.75) is 13.5 Å². The summed E-state index contributed by atoms with van der Waals surface area (Å²) in [5, 5.41) is 15.7. The van der Waals surface area contributed by atoms with E-state index in [9.17, 15) is 10.1 Å². The highest BCUT2D eigenvalue weighted by Gasteiger charge is 2.10. The van der Waals surface area contributed by atoms with Gasteiger partial charge in [-0.3, -0.25) is 10.1 Å². The van der Waals surface area contributed by atoms with Crippen LogP contribution >= 0.6 is 11.3 Å². The van der Waals surface area contributed by atoms with Gasteiger partial charge in [0.2, 0.25) is 0 Å². The molecule has 0 aliphatic heterocycles. The molecule has 7 heteroatoms. The van der Waals surface area contributed by atoms with Gasteiger partial charge in [-0.15, -0.1) is 11.3 Å². The Labute approximate surface area is 108 Å². The van der Waals surface area contributed by atoms with E-state index in [0.717, 1.165) is 0 Å². The van der Waals surface area contributed by atoms with Crippen LogP contribution in [0.25, 0.3) is 0 Å². The molecular weight excluding hydrogens is 252 g/mol. The lowest BCUT2D eigenvalue weighted by Gasteiger charge is -2.05. The Morgan fingerprint density at radius 3 is 2.94 bits per heavy atom. The van der Waals surface area contributed by atoms with Gasteiger partial charge in [-0.05, 0) is 23.9 Å². The number of thiophene rings is 1. The Morgan fingerprint density at radius 1 is 1.56 bits per heavy atom. The molecule has 3 N–H and O–H groups in total. The number of nitrogen functional groups attached to an aromatic ring is 1. The van der Waals surface area contributed by atoms with Gasteiger partial charge in [0.1, 0.15) is 11.6 Å². The van der Waals surface area contributed by atoms with Gasteiger partial charge in [0.25, 0.3) is 5.69 Å². The van der Waals surface area contributed by atoms with Gasteiger partial charge in [0, 0.05) is 4.88 Å². The summed E-state index contributed by atoms with van der Waals surface area (Å²) in [6.07, 6.45) is 0. The lowest BCUT2D eigenvalue weighted by atomic mass is 10.3. The molecule has 0 unspecified atom stereocenters. The first-order chi connectivity index (χ1) is 8.56. The minimum Gasteiger partial charge on any atom is -0.383 e. The first kappa shape index (κ1) is 12.3. The normalized spacial score (nSPS) is 10.3. The largest absolute Gasteiger partial charge is 0.383 e. The summed E-state index contributed by atoms with van der Waals surface area (Å²) < 4.78 is 0. The average molecular weight is 264 g/mol. The van der Waals surface area contributed by atoms with E-state index in [1.54, 1.807) is 11.3 Å². The molecule has 0 radical (unpaired) electrons. The third-order valence-corrected chi connectivity index (χ3v) is 3.46. The van der Waals surface area contributed by atoms with Gasteiger partial charge < -0.3 is 11.1 Å². The number of rotatable bonds is 4. The summed E-state index contributed by atoms with van der Waals surface area (Å²) in [6.45, 7) is 2.60. The summed E-state index contributed by atoms with van der Waals surface area (Å²) >= 11 is 1.63. The molecule has 0 saturated carbocycles. The molecule has 0 fully saturated rings. The SMILES string of the molecule is Cc1ccsc1CNc1cc([N+](=O)[O-])cc(N)n1. The van der Waals surface area contributed by atoms with Crippen LogP contribution < -0.4 is 11.1 Å². The maximum Gasteiger partial charge on any atom is 0.276 e.